The van der Waals surface area contributed by atoms with Crippen LogP contribution in [0.25, 0.3) is 0 Å². The molecule has 4 heterocycles. The van der Waals surface area contributed by atoms with Crippen molar-refractivity contribution in [3.8, 4) is 0 Å². The Labute approximate surface area is 76.6 Å². The van der Waals surface area contributed by atoms with Crippen molar-refractivity contribution in [2.24, 2.45) is 0 Å². The molecule has 2 bridgehead atoms. The molecule has 1 atom stereocenters. The summed E-state index contributed by atoms with van der Waals surface area (Å²) >= 11 is 0. The van der Waals surface area contributed by atoms with Crippen LogP contribution in [0.1, 0.15) is 20.3 Å². The number of phosphoric ester groups is 1. The van der Waals surface area contributed by atoms with Gasteiger partial charge in [0.15, 0.2) is 5.72 Å². The summed E-state index contributed by atoms with van der Waals surface area (Å²) in [5, 5.41) is 0. The number of nitrogens with zero attached hydrogens (tertiary/aromatic N) is 1. The lowest BCUT2D eigenvalue weighted by molar-refractivity contribution is -0.214. The zero-order valence-corrected chi connectivity index (χ0v) is 8.54. The lowest BCUT2D eigenvalue weighted by Gasteiger charge is -2.36. The highest BCUT2D eigenvalue weighted by atomic mass is 31.2. The average molecular weight is 205 g/mol. The molecule has 4 saturated heterocycles. The quantitative estimate of drug-likeness (QED) is 0.604. The van der Waals surface area contributed by atoms with Gasteiger partial charge in [0.1, 0.15) is 0 Å². The van der Waals surface area contributed by atoms with Crippen LogP contribution in [0.2, 0.25) is 0 Å². The van der Waals surface area contributed by atoms with E-state index in [0.717, 1.165) is 19.5 Å². The number of hydrogen-bond donors (Lipinski definition) is 0. The van der Waals surface area contributed by atoms with Crippen molar-refractivity contribution in [2.45, 2.75) is 31.8 Å². The third-order valence-corrected chi connectivity index (χ3v) is 4.83. The number of likely N-dealkylation sites (tertiary alicyclic amines) is 1. The van der Waals surface area contributed by atoms with Gasteiger partial charge in [-0.05, 0) is 13.5 Å². The molecule has 4 aliphatic heterocycles. The molecule has 0 aliphatic carbocycles. The molecule has 0 aromatic carbocycles. The summed E-state index contributed by atoms with van der Waals surface area (Å²) in [5.74, 6) is -0.738. The van der Waals surface area contributed by atoms with E-state index in [4.69, 9.17) is 13.6 Å². The molecular formula is C7H12NO4P. The number of phosphoric acid groups is 1. The second kappa shape index (κ2) is 2.02. The Kier molecular flexibility index (Phi) is 1.30. The molecule has 0 radical (unpaired) electrons. The molecule has 5 nitrogen and oxygen atoms in total. The second-order valence-electron chi connectivity index (χ2n) is 3.79. The van der Waals surface area contributed by atoms with Gasteiger partial charge >= 0.3 is 7.82 Å². The smallest absolute Gasteiger partial charge is 0.271 e. The van der Waals surface area contributed by atoms with E-state index in [0.29, 0.717) is 0 Å². The van der Waals surface area contributed by atoms with Crippen molar-refractivity contribution in [1.82, 2.24) is 4.90 Å². The Hall–Kier alpha value is 0.0700. The van der Waals surface area contributed by atoms with Crippen molar-refractivity contribution in [3.63, 3.8) is 0 Å². The molecule has 74 valence electrons. The minimum atomic E-state index is -3.14. The maximum Gasteiger partial charge on any atom is 0.482 e. The van der Waals surface area contributed by atoms with E-state index < -0.39 is 19.3 Å². The van der Waals surface area contributed by atoms with Crippen molar-refractivity contribution >= 4 is 7.82 Å². The molecule has 0 N–H and O–H groups in total. The fourth-order valence-electron chi connectivity index (χ4n) is 2.44. The fourth-order valence-corrected chi connectivity index (χ4v) is 4.46. The van der Waals surface area contributed by atoms with Crippen molar-refractivity contribution < 1.29 is 18.1 Å². The molecule has 1 spiro atoms. The van der Waals surface area contributed by atoms with E-state index in [-0.39, 0.29) is 0 Å². The summed E-state index contributed by atoms with van der Waals surface area (Å²) in [6.45, 7) is 5.65. The first kappa shape index (κ1) is 8.38. The lowest BCUT2D eigenvalue weighted by Crippen LogP contribution is -2.54. The van der Waals surface area contributed by atoms with Crippen LogP contribution in [-0.4, -0.2) is 29.5 Å². The van der Waals surface area contributed by atoms with Crippen LogP contribution in [-0.2, 0) is 18.1 Å². The summed E-state index contributed by atoms with van der Waals surface area (Å²) in [5.41, 5.74) is -0.628. The predicted molar refractivity (Wildman–Crippen MR) is 43.9 cm³/mol. The van der Waals surface area contributed by atoms with Gasteiger partial charge in [0.25, 0.3) is 0 Å². The highest BCUT2D eigenvalue weighted by Gasteiger charge is 2.81. The summed E-state index contributed by atoms with van der Waals surface area (Å²) in [4.78, 5) is 2.10. The fraction of sp³-hybridized carbons (Fsp3) is 1.00. The first-order valence-corrected chi connectivity index (χ1v) is 5.97. The number of hydrogen-bond acceptors (Lipinski definition) is 5. The van der Waals surface area contributed by atoms with E-state index in [1.54, 1.807) is 0 Å². The summed E-state index contributed by atoms with van der Waals surface area (Å²) in [6, 6.07) is 0. The third kappa shape index (κ3) is 0.726. The Morgan fingerprint density at radius 1 is 1.46 bits per heavy atom. The van der Waals surface area contributed by atoms with Gasteiger partial charge in [-0.3, -0.25) is 9.42 Å². The van der Waals surface area contributed by atoms with E-state index in [9.17, 15) is 4.57 Å². The highest BCUT2D eigenvalue weighted by Crippen LogP contribution is 2.80. The minimum absolute atomic E-state index is 0.628. The minimum Gasteiger partial charge on any atom is -0.271 e. The van der Waals surface area contributed by atoms with E-state index in [1.165, 1.54) is 0 Å². The Balaban J connectivity index is 2.03. The monoisotopic (exact) mass is 205 g/mol. The lowest BCUT2D eigenvalue weighted by atomic mass is 10.1. The maximum absolute atomic E-state index is 11.5. The molecule has 0 aromatic heterocycles. The van der Waals surface area contributed by atoms with Crippen LogP contribution in [0.4, 0.5) is 0 Å². The maximum atomic E-state index is 11.5. The van der Waals surface area contributed by atoms with Crippen molar-refractivity contribution in [1.29, 1.82) is 0 Å². The van der Waals surface area contributed by atoms with Crippen molar-refractivity contribution in [2.75, 3.05) is 13.1 Å². The Morgan fingerprint density at radius 3 is 2.77 bits per heavy atom. The van der Waals surface area contributed by atoms with Gasteiger partial charge < -0.3 is 0 Å². The van der Waals surface area contributed by atoms with Crippen LogP contribution < -0.4 is 0 Å². The van der Waals surface area contributed by atoms with Crippen LogP contribution in [0.3, 0.4) is 0 Å². The topological polar surface area (TPSA) is 48.0 Å². The normalized spacial score (nSPS) is 59.2. The van der Waals surface area contributed by atoms with Gasteiger partial charge in [0.05, 0.1) is 0 Å². The van der Waals surface area contributed by atoms with Gasteiger partial charge in [-0.1, -0.05) is 6.92 Å². The third-order valence-electron chi connectivity index (χ3n) is 3.21. The van der Waals surface area contributed by atoms with Crippen LogP contribution in [0, 0.1) is 0 Å². The predicted octanol–water partition coefficient (Wildman–Crippen LogP) is 1.31. The summed E-state index contributed by atoms with van der Waals surface area (Å²) in [6.07, 6.45) is 0.737. The summed E-state index contributed by atoms with van der Waals surface area (Å²) in [7, 11) is -3.14. The molecule has 0 aromatic rings. The van der Waals surface area contributed by atoms with Gasteiger partial charge in [0.2, 0.25) is 5.79 Å². The molecule has 0 saturated carbocycles. The molecule has 0 amide bonds. The molecule has 4 aliphatic rings. The standard InChI is InChI=1S/C7H12NO4P/c1-3-8-5-4-7-6(8,2)10-13(9,11-7)12-7/h3-5H2,1-2H3. The number of rotatable bonds is 1. The Morgan fingerprint density at radius 2 is 2.15 bits per heavy atom. The van der Waals surface area contributed by atoms with Crippen LogP contribution in [0.5, 0.6) is 0 Å². The SMILES string of the molecule is CCN1CCC23OP(=O)(O2)OC13C. The molecule has 1 unspecified atom stereocenters. The van der Waals surface area contributed by atoms with Gasteiger partial charge in [-0.2, -0.15) is 0 Å². The Bertz CT molecular complexity index is 310. The molecule has 4 fully saturated rings. The van der Waals surface area contributed by atoms with Crippen molar-refractivity contribution in [3.05, 3.63) is 0 Å². The first-order chi connectivity index (χ1) is 6.04. The molecule has 6 heteroatoms. The average Bonchev–Trinajstić information content (AvgIpc) is 2.41. The molecular weight excluding hydrogens is 193 g/mol. The van der Waals surface area contributed by atoms with E-state index in [2.05, 4.69) is 4.90 Å². The zero-order chi connectivity index (χ0) is 9.32. The highest BCUT2D eigenvalue weighted by molar-refractivity contribution is 7.50. The van der Waals surface area contributed by atoms with Crippen LogP contribution in [0.15, 0.2) is 0 Å². The van der Waals surface area contributed by atoms with Gasteiger partial charge in [-0.15, -0.1) is 0 Å². The molecule has 4 rings (SSSR count). The first-order valence-electron chi connectivity index (χ1n) is 4.51. The van der Waals surface area contributed by atoms with Crippen LogP contribution >= 0.6 is 7.82 Å². The summed E-state index contributed by atoms with van der Waals surface area (Å²) < 4.78 is 27.3. The van der Waals surface area contributed by atoms with Gasteiger partial charge in [0, 0.05) is 13.0 Å². The van der Waals surface area contributed by atoms with Gasteiger partial charge in [-0.25, -0.2) is 13.6 Å². The van der Waals surface area contributed by atoms with E-state index in [1.807, 2.05) is 13.8 Å². The second-order valence-corrected chi connectivity index (χ2v) is 5.23. The largest absolute Gasteiger partial charge is 0.482 e. The molecule has 13 heavy (non-hydrogen) atoms. The van der Waals surface area contributed by atoms with E-state index >= 15 is 0 Å². The zero-order valence-electron chi connectivity index (χ0n) is 7.65. The number of likely N-dealkylation sites (N-methyl/N-ethyl adjacent to an activating group) is 1.